The molecule has 3 aromatic rings. The Hall–Kier alpha value is -4.11. The van der Waals surface area contributed by atoms with E-state index in [1.54, 1.807) is 48.5 Å². The third-order valence-corrected chi connectivity index (χ3v) is 5.35. The Morgan fingerprint density at radius 1 is 1.13 bits per heavy atom. The molecule has 0 aromatic heterocycles. The van der Waals surface area contributed by atoms with Crippen LogP contribution in [0.15, 0.2) is 54.6 Å². The summed E-state index contributed by atoms with van der Waals surface area (Å²) in [5, 5.41) is 9.54. The van der Waals surface area contributed by atoms with E-state index >= 15 is 0 Å². The van der Waals surface area contributed by atoms with Gasteiger partial charge in [0.15, 0.2) is 5.78 Å². The fraction of sp³-hybridized carbons (Fsp3) is 0.160. The van der Waals surface area contributed by atoms with Crippen molar-refractivity contribution in [1.29, 1.82) is 5.26 Å². The lowest BCUT2D eigenvalue weighted by Crippen LogP contribution is -2.16. The average Bonchev–Trinajstić information content (AvgIpc) is 2.78. The third-order valence-electron chi connectivity index (χ3n) is 5.35. The van der Waals surface area contributed by atoms with Crippen LogP contribution in [0.1, 0.15) is 43.8 Å². The first kappa shape index (κ1) is 20.2. The molecule has 0 atom stereocenters. The zero-order valence-corrected chi connectivity index (χ0v) is 17.0. The van der Waals surface area contributed by atoms with Crippen LogP contribution in [0.2, 0.25) is 0 Å². The van der Waals surface area contributed by atoms with Crippen LogP contribution in [0, 0.1) is 18.3 Å². The van der Waals surface area contributed by atoms with E-state index in [9.17, 15) is 14.9 Å². The summed E-state index contributed by atoms with van der Waals surface area (Å²) in [5.41, 5.74) is 9.60. The molecular weight excluding hydrogens is 392 g/mol. The van der Waals surface area contributed by atoms with E-state index in [0.717, 1.165) is 5.56 Å². The maximum absolute atomic E-state index is 12.1. The Morgan fingerprint density at radius 3 is 2.71 bits per heavy atom. The van der Waals surface area contributed by atoms with Gasteiger partial charge in [0.1, 0.15) is 18.1 Å². The van der Waals surface area contributed by atoms with E-state index in [4.69, 9.17) is 15.2 Å². The molecule has 3 aromatic carbocycles. The first-order valence-corrected chi connectivity index (χ1v) is 9.85. The van der Waals surface area contributed by atoms with E-state index < -0.39 is 5.91 Å². The molecule has 4 rings (SSSR count). The lowest BCUT2D eigenvalue weighted by Gasteiger charge is -2.21. The third kappa shape index (κ3) is 3.74. The quantitative estimate of drug-likeness (QED) is 0.677. The number of rotatable bonds is 5. The van der Waals surface area contributed by atoms with Gasteiger partial charge in [0.25, 0.3) is 0 Å². The Balaban J connectivity index is 1.74. The van der Waals surface area contributed by atoms with E-state index in [-0.39, 0.29) is 12.4 Å². The van der Waals surface area contributed by atoms with Crippen LogP contribution in [0.5, 0.6) is 11.5 Å². The van der Waals surface area contributed by atoms with Crippen LogP contribution in [0.3, 0.4) is 0 Å². The van der Waals surface area contributed by atoms with Crippen molar-refractivity contribution in [1.82, 2.24) is 0 Å². The molecule has 1 amide bonds. The summed E-state index contributed by atoms with van der Waals surface area (Å²) in [6.07, 6.45) is 0.369. The van der Waals surface area contributed by atoms with E-state index in [2.05, 4.69) is 6.07 Å². The number of ether oxygens (including phenoxy) is 2. The standard InChI is InChI=1S/C25H20N2O4/c1-15-22(10-9-19-21(28)11-12-30-24(15)19)31-14-17-6-4-8-20(25(27)29)23(17)18-7-3-2-5-16(18)13-26/h2-10H,11-12,14H2,1H3,(H2,27,29). The van der Waals surface area contributed by atoms with Gasteiger partial charge in [-0.15, -0.1) is 0 Å². The van der Waals surface area contributed by atoms with Gasteiger partial charge < -0.3 is 15.2 Å². The zero-order valence-electron chi connectivity index (χ0n) is 17.0. The number of primary amides is 1. The smallest absolute Gasteiger partial charge is 0.249 e. The van der Waals surface area contributed by atoms with Crippen LogP contribution in [-0.2, 0) is 6.61 Å². The maximum Gasteiger partial charge on any atom is 0.249 e. The minimum absolute atomic E-state index is 0.0560. The van der Waals surface area contributed by atoms with Gasteiger partial charge in [0, 0.05) is 28.7 Å². The number of nitrogens with two attached hydrogens (primary N) is 1. The molecule has 6 nitrogen and oxygen atoms in total. The molecule has 0 bridgehead atoms. The molecule has 0 aliphatic carbocycles. The van der Waals surface area contributed by atoms with Gasteiger partial charge in [-0.2, -0.15) is 5.26 Å². The van der Waals surface area contributed by atoms with Gasteiger partial charge in [0.05, 0.1) is 23.8 Å². The SMILES string of the molecule is Cc1c(OCc2cccc(C(N)=O)c2-c2ccccc2C#N)ccc2c1OCCC2=O. The monoisotopic (exact) mass is 412 g/mol. The van der Waals surface area contributed by atoms with Crippen LogP contribution >= 0.6 is 0 Å². The number of nitrogens with zero attached hydrogens (tertiary/aromatic N) is 1. The molecule has 0 radical (unpaired) electrons. The molecule has 0 saturated carbocycles. The van der Waals surface area contributed by atoms with E-state index in [1.807, 2.05) is 13.0 Å². The number of amides is 1. The van der Waals surface area contributed by atoms with Crippen molar-refractivity contribution in [2.24, 2.45) is 5.73 Å². The molecule has 0 fully saturated rings. The fourth-order valence-corrected chi connectivity index (χ4v) is 3.81. The van der Waals surface area contributed by atoms with Crippen molar-refractivity contribution in [3.8, 4) is 28.7 Å². The largest absolute Gasteiger partial charge is 0.492 e. The van der Waals surface area contributed by atoms with Gasteiger partial charge in [-0.05, 0) is 36.8 Å². The number of hydrogen-bond acceptors (Lipinski definition) is 5. The van der Waals surface area contributed by atoms with Crippen molar-refractivity contribution in [3.05, 3.63) is 82.4 Å². The number of carbonyl (C=O) groups excluding carboxylic acids is 2. The van der Waals surface area contributed by atoms with Crippen molar-refractivity contribution in [2.45, 2.75) is 20.0 Å². The Labute approximate surface area is 179 Å². The normalized spacial score (nSPS) is 12.5. The van der Waals surface area contributed by atoms with Crippen molar-refractivity contribution in [3.63, 3.8) is 0 Å². The minimum Gasteiger partial charge on any atom is -0.492 e. The molecule has 0 spiro atoms. The second kappa shape index (κ2) is 8.33. The Bertz CT molecular complexity index is 1240. The van der Waals surface area contributed by atoms with Crippen molar-refractivity contribution < 1.29 is 19.1 Å². The number of fused-ring (bicyclic) bond motifs is 1. The summed E-state index contributed by atoms with van der Waals surface area (Å²) >= 11 is 0. The lowest BCUT2D eigenvalue weighted by molar-refractivity contribution is 0.0931. The minimum atomic E-state index is -0.582. The molecule has 1 heterocycles. The maximum atomic E-state index is 12.1. The summed E-state index contributed by atoms with van der Waals surface area (Å²) in [4.78, 5) is 24.2. The van der Waals surface area contributed by atoms with Gasteiger partial charge in [-0.1, -0.05) is 30.3 Å². The molecule has 1 aliphatic heterocycles. The molecule has 2 N–H and O–H groups in total. The van der Waals surface area contributed by atoms with Gasteiger partial charge in [-0.3, -0.25) is 9.59 Å². The van der Waals surface area contributed by atoms with Crippen molar-refractivity contribution >= 4 is 11.7 Å². The second-order valence-corrected chi connectivity index (χ2v) is 7.24. The number of ketones is 1. The molecule has 6 heteroatoms. The van der Waals surface area contributed by atoms with Gasteiger partial charge >= 0.3 is 0 Å². The zero-order chi connectivity index (χ0) is 22.0. The van der Waals surface area contributed by atoms with E-state index in [0.29, 0.717) is 57.9 Å². The molecular formula is C25H20N2O4. The fourth-order valence-electron chi connectivity index (χ4n) is 3.81. The van der Waals surface area contributed by atoms with E-state index in [1.165, 1.54) is 0 Å². The summed E-state index contributed by atoms with van der Waals surface area (Å²) in [6, 6.07) is 17.9. The Kier molecular flexibility index (Phi) is 5.42. The summed E-state index contributed by atoms with van der Waals surface area (Å²) < 4.78 is 11.8. The molecule has 0 unspecified atom stereocenters. The van der Waals surface area contributed by atoms with Gasteiger partial charge in [-0.25, -0.2) is 0 Å². The number of Topliss-reactive ketones (excluding diaryl/α,β-unsaturated/α-hetero) is 1. The van der Waals surface area contributed by atoms with Gasteiger partial charge in [0.2, 0.25) is 5.91 Å². The number of benzene rings is 3. The first-order chi connectivity index (χ1) is 15.0. The highest BCUT2D eigenvalue weighted by Gasteiger charge is 2.23. The Morgan fingerprint density at radius 2 is 1.94 bits per heavy atom. The highest BCUT2D eigenvalue weighted by atomic mass is 16.5. The predicted octanol–water partition coefficient (Wildman–Crippen LogP) is 4.18. The summed E-state index contributed by atoms with van der Waals surface area (Å²) in [6.45, 7) is 2.34. The molecule has 0 saturated heterocycles. The van der Waals surface area contributed by atoms with Crippen LogP contribution in [0.4, 0.5) is 0 Å². The molecule has 31 heavy (non-hydrogen) atoms. The number of carbonyl (C=O) groups is 2. The molecule has 154 valence electrons. The van der Waals surface area contributed by atoms with Crippen LogP contribution in [0.25, 0.3) is 11.1 Å². The number of hydrogen-bond donors (Lipinski definition) is 1. The lowest BCUT2D eigenvalue weighted by atomic mass is 9.91. The average molecular weight is 412 g/mol. The number of nitriles is 1. The van der Waals surface area contributed by atoms with Crippen molar-refractivity contribution in [2.75, 3.05) is 6.61 Å². The summed E-state index contributed by atoms with van der Waals surface area (Å²) in [7, 11) is 0. The molecule has 1 aliphatic rings. The van der Waals surface area contributed by atoms with Crippen LogP contribution < -0.4 is 15.2 Å². The second-order valence-electron chi connectivity index (χ2n) is 7.24. The topological polar surface area (TPSA) is 102 Å². The summed E-state index contributed by atoms with van der Waals surface area (Å²) in [5.74, 6) is 0.606. The predicted molar refractivity (Wildman–Crippen MR) is 115 cm³/mol. The first-order valence-electron chi connectivity index (χ1n) is 9.85. The highest BCUT2D eigenvalue weighted by molar-refractivity contribution is 6.01. The van der Waals surface area contributed by atoms with Crippen LogP contribution in [-0.4, -0.2) is 18.3 Å². The highest BCUT2D eigenvalue weighted by Crippen LogP contribution is 2.36.